The van der Waals surface area contributed by atoms with Crippen LogP contribution in [-0.4, -0.2) is 31.4 Å². The second-order valence-corrected chi connectivity index (χ2v) is 9.32. The molecule has 1 saturated carbocycles. The van der Waals surface area contributed by atoms with Crippen LogP contribution in [0.2, 0.25) is 0 Å². The third-order valence-corrected chi connectivity index (χ3v) is 6.91. The van der Waals surface area contributed by atoms with Gasteiger partial charge >= 0.3 is 0 Å². The number of hydrogen-bond donors (Lipinski definition) is 2. The molecule has 0 spiro atoms. The summed E-state index contributed by atoms with van der Waals surface area (Å²) in [5, 5.41) is 12.6. The molecule has 0 atom stereocenters. The highest BCUT2D eigenvalue weighted by molar-refractivity contribution is 7.99. The largest absolute Gasteiger partial charge is 0.368 e. The fourth-order valence-corrected chi connectivity index (χ4v) is 5.12. The van der Waals surface area contributed by atoms with E-state index in [-0.39, 0.29) is 11.7 Å². The van der Waals surface area contributed by atoms with Gasteiger partial charge in [-0.3, -0.25) is 9.36 Å². The first kappa shape index (κ1) is 19.1. The Morgan fingerprint density at radius 1 is 1.23 bits per heavy atom. The van der Waals surface area contributed by atoms with Crippen molar-refractivity contribution in [3.05, 3.63) is 48.0 Å². The van der Waals surface area contributed by atoms with Gasteiger partial charge in [-0.25, -0.2) is 4.98 Å². The van der Waals surface area contributed by atoms with Gasteiger partial charge in [-0.05, 0) is 61.7 Å². The average Bonchev–Trinajstić information content (AvgIpc) is 3.37. The number of rotatable bonds is 6. The van der Waals surface area contributed by atoms with Crippen molar-refractivity contribution in [1.29, 1.82) is 0 Å². The minimum atomic E-state index is -0.0906. The zero-order valence-electron chi connectivity index (χ0n) is 16.3. The molecule has 2 aromatic carbocycles. The Bertz CT molecular complexity index is 1230. The number of aryl methyl sites for hydroxylation is 1. The van der Waals surface area contributed by atoms with Gasteiger partial charge in [0.2, 0.25) is 11.9 Å². The number of carbonyl (C=O) groups excluding carboxylic acids is 1. The zero-order valence-corrected chi connectivity index (χ0v) is 18.0. The quantitative estimate of drug-likeness (QED) is 0.432. The zero-order chi connectivity index (χ0) is 20.7. The molecule has 1 aliphatic carbocycles. The molecule has 0 unspecified atom stereocenters. The Kier molecular flexibility index (Phi) is 4.92. The van der Waals surface area contributed by atoms with Gasteiger partial charge in [0.05, 0.1) is 16.0 Å². The fraction of sp³-hybridized carbons (Fsp3) is 0.238. The van der Waals surface area contributed by atoms with Crippen LogP contribution in [0.3, 0.4) is 0 Å². The van der Waals surface area contributed by atoms with Crippen molar-refractivity contribution in [1.82, 2.24) is 19.7 Å². The minimum absolute atomic E-state index is 0.0906. The molecule has 30 heavy (non-hydrogen) atoms. The highest BCUT2D eigenvalue weighted by Gasteiger charge is 2.29. The normalized spacial score (nSPS) is 13.6. The molecule has 2 heterocycles. The molecule has 5 rings (SSSR count). The molecule has 0 aliphatic heterocycles. The van der Waals surface area contributed by atoms with Crippen LogP contribution in [0.1, 0.15) is 24.4 Å². The number of nitrogen functional groups attached to an aromatic ring is 1. The Labute approximate surface area is 181 Å². The monoisotopic (exact) mass is 436 g/mol. The minimum Gasteiger partial charge on any atom is -0.368 e. The number of anilines is 2. The molecule has 0 radical (unpaired) electrons. The number of thioether (sulfide) groups is 1. The van der Waals surface area contributed by atoms with E-state index in [0.717, 1.165) is 34.6 Å². The van der Waals surface area contributed by atoms with E-state index in [9.17, 15) is 4.79 Å². The van der Waals surface area contributed by atoms with E-state index in [0.29, 0.717) is 17.1 Å². The molecular weight excluding hydrogens is 416 g/mol. The third kappa shape index (κ3) is 3.90. The standard InChI is InChI=1S/C21H20N6OS2/c1-12-2-9-16-17(10-12)30-19(24-16)13-3-5-14(6-4-13)23-18(28)11-29-21-26-25-20(22)27(21)15-7-8-15/h2-6,9-10,15H,7-8,11H2,1H3,(H2,22,25)(H,23,28). The third-order valence-electron chi connectivity index (χ3n) is 4.89. The summed E-state index contributed by atoms with van der Waals surface area (Å²) in [5.74, 6) is 0.581. The van der Waals surface area contributed by atoms with E-state index in [4.69, 9.17) is 10.7 Å². The molecule has 1 aliphatic rings. The van der Waals surface area contributed by atoms with Crippen LogP contribution in [0.5, 0.6) is 0 Å². The number of nitrogens with two attached hydrogens (primary N) is 1. The van der Waals surface area contributed by atoms with Gasteiger partial charge in [0, 0.05) is 17.3 Å². The highest BCUT2D eigenvalue weighted by Crippen LogP contribution is 2.39. The molecule has 152 valence electrons. The van der Waals surface area contributed by atoms with E-state index in [1.165, 1.54) is 22.0 Å². The first-order chi connectivity index (χ1) is 14.6. The van der Waals surface area contributed by atoms with Crippen molar-refractivity contribution < 1.29 is 4.79 Å². The van der Waals surface area contributed by atoms with Crippen LogP contribution in [0.25, 0.3) is 20.8 Å². The summed E-state index contributed by atoms with van der Waals surface area (Å²) >= 11 is 3.03. The van der Waals surface area contributed by atoms with Crippen molar-refractivity contribution in [2.45, 2.75) is 31.0 Å². The van der Waals surface area contributed by atoms with Gasteiger partial charge < -0.3 is 11.1 Å². The molecule has 9 heteroatoms. The van der Waals surface area contributed by atoms with Crippen LogP contribution < -0.4 is 11.1 Å². The summed E-state index contributed by atoms with van der Waals surface area (Å²) in [5.41, 5.74) is 9.91. The Morgan fingerprint density at radius 2 is 2.03 bits per heavy atom. The predicted octanol–water partition coefficient (Wildman–Crippen LogP) is 4.51. The number of nitrogens with zero attached hydrogens (tertiary/aromatic N) is 4. The summed E-state index contributed by atoms with van der Waals surface area (Å²) in [7, 11) is 0. The lowest BCUT2D eigenvalue weighted by Gasteiger charge is -2.07. The van der Waals surface area contributed by atoms with Crippen molar-refractivity contribution in [3.8, 4) is 10.6 Å². The summed E-state index contributed by atoms with van der Waals surface area (Å²) in [6.07, 6.45) is 2.17. The van der Waals surface area contributed by atoms with Gasteiger partial charge in [0.25, 0.3) is 0 Å². The lowest BCUT2D eigenvalue weighted by molar-refractivity contribution is -0.113. The summed E-state index contributed by atoms with van der Waals surface area (Å²) in [6, 6.07) is 14.4. The molecule has 0 saturated heterocycles. The van der Waals surface area contributed by atoms with Gasteiger partial charge in [-0.15, -0.1) is 21.5 Å². The van der Waals surface area contributed by atoms with Gasteiger partial charge in [0.1, 0.15) is 5.01 Å². The van der Waals surface area contributed by atoms with E-state index in [1.54, 1.807) is 11.3 Å². The number of fused-ring (bicyclic) bond motifs is 1. The number of nitrogens with one attached hydrogen (secondary N) is 1. The van der Waals surface area contributed by atoms with Crippen molar-refractivity contribution in [2.24, 2.45) is 0 Å². The Morgan fingerprint density at radius 3 is 2.80 bits per heavy atom. The number of carbonyl (C=O) groups is 1. The first-order valence-corrected chi connectivity index (χ1v) is 11.5. The maximum Gasteiger partial charge on any atom is 0.234 e. The molecule has 1 amide bonds. The van der Waals surface area contributed by atoms with Gasteiger partial charge in [-0.2, -0.15) is 0 Å². The fourth-order valence-electron chi connectivity index (χ4n) is 3.24. The Hall–Kier alpha value is -2.91. The van der Waals surface area contributed by atoms with Crippen LogP contribution in [0.4, 0.5) is 11.6 Å². The Balaban J connectivity index is 1.23. The van der Waals surface area contributed by atoms with Crippen molar-refractivity contribution in [2.75, 3.05) is 16.8 Å². The van der Waals surface area contributed by atoms with E-state index < -0.39 is 0 Å². The van der Waals surface area contributed by atoms with Crippen molar-refractivity contribution >= 4 is 50.9 Å². The topological polar surface area (TPSA) is 98.7 Å². The van der Waals surface area contributed by atoms with Crippen molar-refractivity contribution in [3.63, 3.8) is 0 Å². The van der Waals surface area contributed by atoms with Gasteiger partial charge in [-0.1, -0.05) is 17.8 Å². The molecule has 2 aromatic heterocycles. The maximum atomic E-state index is 12.4. The summed E-state index contributed by atoms with van der Waals surface area (Å²) in [6.45, 7) is 2.08. The second kappa shape index (κ2) is 7.73. The molecule has 1 fully saturated rings. The number of aromatic nitrogens is 4. The predicted molar refractivity (Wildman–Crippen MR) is 122 cm³/mol. The molecule has 3 N–H and O–H groups in total. The average molecular weight is 437 g/mol. The van der Waals surface area contributed by atoms with Crippen LogP contribution >= 0.6 is 23.1 Å². The SMILES string of the molecule is Cc1ccc2nc(-c3ccc(NC(=O)CSc4nnc(N)n4C4CC4)cc3)sc2c1. The first-order valence-electron chi connectivity index (χ1n) is 9.67. The second-order valence-electron chi connectivity index (χ2n) is 7.35. The number of hydrogen-bond acceptors (Lipinski definition) is 7. The lowest BCUT2D eigenvalue weighted by atomic mass is 10.2. The smallest absolute Gasteiger partial charge is 0.234 e. The van der Waals surface area contributed by atoms with Crippen LogP contribution in [-0.2, 0) is 4.79 Å². The molecule has 7 nitrogen and oxygen atoms in total. The van der Waals surface area contributed by atoms with Gasteiger partial charge in [0.15, 0.2) is 5.16 Å². The van der Waals surface area contributed by atoms with Crippen LogP contribution in [0, 0.1) is 6.92 Å². The van der Waals surface area contributed by atoms with E-state index >= 15 is 0 Å². The maximum absolute atomic E-state index is 12.4. The highest BCUT2D eigenvalue weighted by atomic mass is 32.2. The van der Waals surface area contributed by atoms with E-state index in [1.807, 2.05) is 28.8 Å². The number of thiazole rings is 1. The van der Waals surface area contributed by atoms with Crippen LogP contribution in [0.15, 0.2) is 47.6 Å². The molecule has 4 aromatic rings. The lowest BCUT2D eigenvalue weighted by Crippen LogP contribution is -2.14. The van der Waals surface area contributed by atoms with E-state index in [2.05, 4.69) is 40.6 Å². The molecule has 0 bridgehead atoms. The number of benzene rings is 2. The summed E-state index contributed by atoms with van der Waals surface area (Å²) < 4.78 is 3.10. The molecular formula is C21H20N6OS2. The number of amides is 1. The summed E-state index contributed by atoms with van der Waals surface area (Å²) in [4.78, 5) is 17.1.